The van der Waals surface area contributed by atoms with Gasteiger partial charge in [-0.15, -0.1) is 11.8 Å². The lowest BCUT2D eigenvalue weighted by Gasteiger charge is -2.11. The molecule has 0 aliphatic carbocycles. The van der Waals surface area contributed by atoms with Gasteiger partial charge in [0.05, 0.1) is 6.10 Å². The minimum absolute atomic E-state index is 0.353. The summed E-state index contributed by atoms with van der Waals surface area (Å²) in [6.07, 6.45) is -0.565. The van der Waals surface area contributed by atoms with Crippen molar-refractivity contribution in [1.29, 1.82) is 0 Å². The van der Waals surface area contributed by atoms with Crippen molar-refractivity contribution in [2.45, 2.75) is 17.9 Å². The predicted molar refractivity (Wildman–Crippen MR) is 87.6 cm³/mol. The number of halogens is 1. The average molecular weight is 367 g/mol. The van der Waals surface area contributed by atoms with Gasteiger partial charge in [0.25, 0.3) is 0 Å². The Balaban J connectivity index is 1.92. The maximum absolute atomic E-state index is 10.8. The van der Waals surface area contributed by atoms with Crippen LogP contribution in [-0.4, -0.2) is 16.8 Å². The molecule has 0 aliphatic heterocycles. The molecule has 0 fully saturated rings. The number of ether oxygens (including phenoxy) is 1. The minimum Gasteiger partial charge on any atom is -0.427 e. The van der Waals surface area contributed by atoms with Crippen LogP contribution in [-0.2, 0) is 4.79 Å². The second kappa shape index (κ2) is 7.64. The molecule has 21 heavy (non-hydrogen) atoms. The third kappa shape index (κ3) is 5.19. The molecule has 0 amide bonds. The van der Waals surface area contributed by atoms with E-state index in [1.165, 1.54) is 6.92 Å². The van der Waals surface area contributed by atoms with Gasteiger partial charge >= 0.3 is 5.97 Å². The largest absolute Gasteiger partial charge is 0.427 e. The highest BCUT2D eigenvalue weighted by Crippen LogP contribution is 2.26. The summed E-state index contributed by atoms with van der Waals surface area (Å²) < 4.78 is 5.99. The quantitative estimate of drug-likeness (QED) is 0.489. The Bertz CT molecular complexity index is 596. The molecule has 0 bridgehead atoms. The predicted octanol–water partition coefficient (Wildman–Crippen LogP) is 4.20. The third-order valence-electron chi connectivity index (χ3n) is 2.75. The topological polar surface area (TPSA) is 46.5 Å². The first-order chi connectivity index (χ1) is 10.0. The van der Waals surface area contributed by atoms with Crippen LogP contribution in [0.3, 0.4) is 0 Å². The Hall–Kier alpha value is -1.30. The molecule has 0 aliphatic rings. The van der Waals surface area contributed by atoms with E-state index >= 15 is 0 Å². The number of aliphatic hydroxyl groups is 1. The van der Waals surface area contributed by atoms with Gasteiger partial charge in [-0.25, -0.2) is 0 Å². The maximum Gasteiger partial charge on any atom is 0.308 e. The van der Waals surface area contributed by atoms with Crippen molar-refractivity contribution in [2.75, 3.05) is 5.75 Å². The van der Waals surface area contributed by atoms with E-state index in [0.717, 1.165) is 14.9 Å². The Morgan fingerprint density at radius 1 is 1.19 bits per heavy atom. The van der Waals surface area contributed by atoms with E-state index < -0.39 is 6.10 Å². The van der Waals surface area contributed by atoms with Crippen LogP contribution in [0.1, 0.15) is 18.6 Å². The molecule has 1 atom stereocenters. The molecule has 3 nitrogen and oxygen atoms in total. The van der Waals surface area contributed by atoms with Gasteiger partial charge in [-0.1, -0.05) is 28.1 Å². The van der Waals surface area contributed by atoms with Crippen molar-refractivity contribution < 1.29 is 14.6 Å². The average Bonchev–Trinajstić information content (AvgIpc) is 2.46. The van der Waals surface area contributed by atoms with E-state index in [1.54, 1.807) is 36.0 Å². The van der Waals surface area contributed by atoms with Crippen molar-refractivity contribution in [3.63, 3.8) is 0 Å². The SMILES string of the molecule is CC(=O)Oc1ccc(C(O)CSc2ccc(Br)cc2)cc1. The number of benzene rings is 2. The fraction of sp³-hybridized carbons (Fsp3) is 0.188. The lowest BCUT2D eigenvalue weighted by Crippen LogP contribution is -2.03. The van der Waals surface area contributed by atoms with Crippen molar-refractivity contribution in [3.05, 3.63) is 58.6 Å². The summed E-state index contributed by atoms with van der Waals surface area (Å²) in [5.74, 6) is 0.697. The number of hydrogen-bond donors (Lipinski definition) is 1. The highest BCUT2D eigenvalue weighted by atomic mass is 79.9. The molecule has 0 saturated carbocycles. The van der Waals surface area contributed by atoms with Crippen molar-refractivity contribution in [3.8, 4) is 5.75 Å². The minimum atomic E-state index is -0.565. The molecule has 0 heterocycles. The molecule has 110 valence electrons. The van der Waals surface area contributed by atoms with Crippen LogP contribution >= 0.6 is 27.7 Å². The number of thioether (sulfide) groups is 1. The highest BCUT2D eigenvalue weighted by Gasteiger charge is 2.09. The van der Waals surface area contributed by atoms with Crippen LogP contribution in [0.15, 0.2) is 57.9 Å². The molecular formula is C16H15BrO3S. The zero-order valence-electron chi connectivity index (χ0n) is 11.5. The summed E-state index contributed by atoms with van der Waals surface area (Å²) in [5, 5.41) is 10.2. The van der Waals surface area contributed by atoms with Gasteiger partial charge in [0.1, 0.15) is 5.75 Å². The van der Waals surface area contributed by atoms with E-state index in [9.17, 15) is 9.90 Å². The first kappa shape index (κ1) is 16.1. The molecular weight excluding hydrogens is 352 g/mol. The van der Waals surface area contributed by atoms with Crippen molar-refractivity contribution in [2.24, 2.45) is 0 Å². The molecule has 0 saturated heterocycles. The monoisotopic (exact) mass is 366 g/mol. The number of hydrogen-bond acceptors (Lipinski definition) is 4. The normalized spacial score (nSPS) is 12.0. The fourth-order valence-electron chi connectivity index (χ4n) is 1.73. The van der Waals surface area contributed by atoms with Gasteiger partial charge in [0.2, 0.25) is 0 Å². The zero-order chi connectivity index (χ0) is 15.2. The summed E-state index contributed by atoms with van der Waals surface area (Å²) in [7, 11) is 0. The van der Waals surface area contributed by atoms with E-state index in [0.29, 0.717) is 11.5 Å². The van der Waals surface area contributed by atoms with E-state index in [4.69, 9.17) is 4.74 Å². The Kier molecular flexibility index (Phi) is 5.85. The Labute approximate surface area is 136 Å². The highest BCUT2D eigenvalue weighted by molar-refractivity contribution is 9.10. The number of esters is 1. The van der Waals surface area contributed by atoms with Gasteiger partial charge in [0, 0.05) is 22.0 Å². The standard InChI is InChI=1S/C16H15BrO3S/c1-11(18)20-14-6-2-12(3-7-14)16(19)10-21-15-8-4-13(17)5-9-15/h2-9,16,19H,10H2,1H3. The maximum atomic E-state index is 10.8. The number of carbonyl (C=O) groups is 1. The number of carbonyl (C=O) groups excluding carboxylic acids is 1. The lowest BCUT2D eigenvalue weighted by atomic mass is 10.1. The van der Waals surface area contributed by atoms with Gasteiger partial charge in [-0.2, -0.15) is 0 Å². The van der Waals surface area contributed by atoms with Crippen LogP contribution in [0, 0.1) is 0 Å². The molecule has 0 aromatic heterocycles. The second-order valence-electron chi connectivity index (χ2n) is 4.44. The second-order valence-corrected chi connectivity index (χ2v) is 6.45. The van der Waals surface area contributed by atoms with Crippen LogP contribution in [0.25, 0.3) is 0 Å². The first-order valence-electron chi connectivity index (χ1n) is 6.39. The van der Waals surface area contributed by atoms with Gasteiger partial charge in [-0.05, 0) is 42.0 Å². The Morgan fingerprint density at radius 3 is 2.38 bits per heavy atom. The summed E-state index contributed by atoms with van der Waals surface area (Å²) in [6.45, 7) is 1.36. The lowest BCUT2D eigenvalue weighted by molar-refractivity contribution is -0.131. The summed E-state index contributed by atoms with van der Waals surface area (Å²) in [5.41, 5.74) is 0.801. The van der Waals surface area contributed by atoms with Crippen molar-refractivity contribution in [1.82, 2.24) is 0 Å². The van der Waals surface area contributed by atoms with E-state index in [2.05, 4.69) is 15.9 Å². The molecule has 2 aromatic rings. The van der Waals surface area contributed by atoms with E-state index in [-0.39, 0.29) is 5.97 Å². The molecule has 0 radical (unpaired) electrons. The smallest absolute Gasteiger partial charge is 0.308 e. The molecule has 0 spiro atoms. The first-order valence-corrected chi connectivity index (χ1v) is 8.17. The van der Waals surface area contributed by atoms with Crippen molar-refractivity contribution >= 4 is 33.7 Å². The molecule has 2 rings (SSSR count). The molecule has 1 N–H and O–H groups in total. The third-order valence-corrected chi connectivity index (χ3v) is 4.36. The molecule has 1 unspecified atom stereocenters. The summed E-state index contributed by atoms with van der Waals surface area (Å²) in [4.78, 5) is 11.9. The van der Waals surface area contributed by atoms with E-state index in [1.807, 2.05) is 24.3 Å². The van der Waals surface area contributed by atoms with Gasteiger partial charge < -0.3 is 9.84 Å². The van der Waals surface area contributed by atoms with Crippen LogP contribution < -0.4 is 4.74 Å². The van der Waals surface area contributed by atoms with Gasteiger partial charge in [-0.3, -0.25) is 4.79 Å². The molecule has 2 aromatic carbocycles. The number of aliphatic hydroxyl groups excluding tert-OH is 1. The van der Waals surface area contributed by atoms with Crippen LogP contribution in [0.5, 0.6) is 5.75 Å². The van der Waals surface area contributed by atoms with Crippen LogP contribution in [0.4, 0.5) is 0 Å². The summed E-state index contributed by atoms with van der Waals surface area (Å²) in [6, 6.07) is 14.9. The van der Waals surface area contributed by atoms with Gasteiger partial charge in [0.15, 0.2) is 0 Å². The number of rotatable bonds is 5. The summed E-state index contributed by atoms with van der Waals surface area (Å²) >= 11 is 4.98. The van der Waals surface area contributed by atoms with Crippen LogP contribution in [0.2, 0.25) is 0 Å². The fourth-order valence-corrected chi connectivity index (χ4v) is 2.86. The Morgan fingerprint density at radius 2 is 1.81 bits per heavy atom. The zero-order valence-corrected chi connectivity index (χ0v) is 13.9. The molecule has 5 heteroatoms.